The Balaban J connectivity index is 2.95. The van der Waals surface area contributed by atoms with Crippen LogP contribution in [0.2, 0.25) is 0 Å². The fraction of sp³-hybridized carbons (Fsp3) is 0.455. The molecule has 4 N–H and O–H groups in total. The lowest BCUT2D eigenvalue weighted by Crippen LogP contribution is -2.43. The smallest absolute Gasteiger partial charge is 0.299 e. The second-order valence-electron chi connectivity index (χ2n) is 4.98. The number of rotatable bonds is 3. The molecule has 0 bridgehead atoms. The maximum Gasteiger partial charge on any atom is 0.299 e. The third kappa shape index (κ3) is 4.24. The summed E-state index contributed by atoms with van der Waals surface area (Å²) in [5.74, 6) is 0. The Bertz CT molecular complexity index is 504. The van der Waals surface area contributed by atoms with Gasteiger partial charge in [0.05, 0.1) is 5.69 Å². The first-order chi connectivity index (χ1) is 7.61. The predicted octanol–water partition coefficient (Wildman–Crippen LogP) is 1.62. The number of benzene rings is 1. The van der Waals surface area contributed by atoms with Crippen LogP contribution in [0.1, 0.15) is 26.3 Å². The Morgan fingerprint density at radius 1 is 1.24 bits per heavy atom. The van der Waals surface area contributed by atoms with Crippen LogP contribution in [-0.4, -0.2) is 14.0 Å². The molecule has 0 aliphatic carbocycles. The van der Waals surface area contributed by atoms with Crippen molar-refractivity contribution >= 4 is 21.6 Å². The van der Waals surface area contributed by atoms with Gasteiger partial charge in [-0.25, -0.2) is 0 Å². The van der Waals surface area contributed by atoms with Gasteiger partial charge in [0.1, 0.15) is 0 Å². The van der Waals surface area contributed by atoms with Crippen molar-refractivity contribution in [2.75, 3.05) is 10.5 Å². The highest BCUT2D eigenvalue weighted by molar-refractivity contribution is 7.90. The Hall–Kier alpha value is -1.27. The molecule has 0 heterocycles. The van der Waals surface area contributed by atoms with Crippen molar-refractivity contribution in [1.29, 1.82) is 0 Å². The summed E-state index contributed by atoms with van der Waals surface area (Å²) in [6.45, 7) is 7.10. The normalized spacial score (nSPS) is 12.5. The lowest BCUT2D eigenvalue weighted by atomic mass is 10.1. The van der Waals surface area contributed by atoms with E-state index in [0.717, 1.165) is 0 Å². The van der Waals surface area contributed by atoms with E-state index in [0.29, 0.717) is 16.9 Å². The van der Waals surface area contributed by atoms with E-state index >= 15 is 0 Å². The summed E-state index contributed by atoms with van der Waals surface area (Å²) in [5.41, 5.74) is 6.94. The summed E-state index contributed by atoms with van der Waals surface area (Å²) in [6.07, 6.45) is 0. The second kappa shape index (κ2) is 4.54. The molecule has 5 nitrogen and oxygen atoms in total. The highest BCUT2D eigenvalue weighted by Crippen LogP contribution is 2.21. The van der Waals surface area contributed by atoms with Gasteiger partial charge >= 0.3 is 0 Å². The SMILES string of the molecule is Cc1c(N)cccc1NS(=O)(=O)NC(C)(C)C. The quantitative estimate of drug-likeness (QED) is 0.719. The molecule has 0 fully saturated rings. The Labute approximate surface area is 103 Å². The van der Waals surface area contributed by atoms with Gasteiger partial charge in [-0.15, -0.1) is 0 Å². The highest BCUT2D eigenvalue weighted by atomic mass is 32.2. The molecular weight excluding hydrogens is 238 g/mol. The van der Waals surface area contributed by atoms with Crippen LogP contribution in [0.4, 0.5) is 11.4 Å². The zero-order chi connectivity index (χ0) is 13.3. The highest BCUT2D eigenvalue weighted by Gasteiger charge is 2.20. The Kier molecular flexibility index (Phi) is 3.68. The summed E-state index contributed by atoms with van der Waals surface area (Å²) < 4.78 is 28.6. The predicted molar refractivity (Wildman–Crippen MR) is 71.0 cm³/mol. The standard InChI is InChI=1S/C11H19N3O2S/c1-8-9(12)6-5-7-10(8)13-17(15,16)14-11(2,3)4/h5-7,13-14H,12H2,1-4H3. The molecule has 0 amide bonds. The van der Waals surface area contributed by atoms with Gasteiger partial charge in [-0.1, -0.05) is 6.07 Å². The zero-order valence-corrected chi connectivity index (χ0v) is 11.4. The van der Waals surface area contributed by atoms with E-state index < -0.39 is 15.7 Å². The third-order valence-electron chi connectivity index (χ3n) is 2.06. The molecule has 0 aromatic heterocycles. The molecule has 1 aromatic carbocycles. The summed E-state index contributed by atoms with van der Waals surface area (Å²) in [5, 5.41) is 0. The first-order valence-electron chi connectivity index (χ1n) is 5.27. The average Bonchev–Trinajstić information content (AvgIpc) is 2.08. The molecule has 0 saturated carbocycles. The van der Waals surface area contributed by atoms with Gasteiger partial charge in [-0.2, -0.15) is 13.1 Å². The van der Waals surface area contributed by atoms with Crippen LogP contribution < -0.4 is 15.2 Å². The van der Waals surface area contributed by atoms with Crippen LogP contribution in [0.25, 0.3) is 0 Å². The topological polar surface area (TPSA) is 84.2 Å². The molecular formula is C11H19N3O2S. The van der Waals surface area contributed by atoms with Crippen molar-refractivity contribution in [2.24, 2.45) is 0 Å². The van der Waals surface area contributed by atoms with Crippen molar-refractivity contribution in [1.82, 2.24) is 4.72 Å². The molecule has 0 aliphatic heterocycles. The van der Waals surface area contributed by atoms with E-state index in [1.807, 2.05) is 0 Å². The molecule has 0 unspecified atom stereocenters. The number of nitrogens with one attached hydrogen (secondary N) is 2. The molecule has 0 saturated heterocycles. The molecule has 1 rings (SSSR count). The fourth-order valence-corrected chi connectivity index (χ4v) is 2.71. The molecule has 0 atom stereocenters. The minimum absolute atomic E-state index is 0.488. The van der Waals surface area contributed by atoms with Gasteiger partial charge in [0.25, 0.3) is 10.2 Å². The number of hydrogen-bond donors (Lipinski definition) is 3. The first kappa shape index (κ1) is 13.8. The maximum atomic E-state index is 11.8. The molecule has 1 aromatic rings. The number of hydrogen-bond acceptors (Lipinski definition) is 3. The van der Waals surface area contributed by atoms with Crippen LogP contribution in [0, 0.1) is 6.92 Å². The van der Waals surface area contributed by atoms with Crippen LogP contribution in [0.3, 0.4) is 0 Å². The van der Waals surface area contributed by atoms with E-state index in [1.54, 1.807) is 45.9 Å². The van der Waals surface area contributed by atoms with Crippen molar-refractivity contribution in [3.63, 3.8) is 0 Å². The zero-order valence-electron chi connectivity index (χ0n) is 10.5. The van der Waals surface area contributed by atoms with E-state index in [2.05, 4.69) is 9.44 Å². The number of nitrogen functional groups attached to an aromatic ring is 1. The number of anilines is 2. The molecule has 17 heavy (non-hydrogen) atoms. The molecule has 0 aliphatic rings. The van der Waals surface area contributed by atoms with E-state index in [4.69, 9.17) is 5.73 Å². The number of nitrogens with two attached hydrogens (primary N) is 1. The maximum absolute atomic E-state index is 11.8. The molecule has 0 radical (unpaired) electrons. The van der Waals surface area contributed by atoms with Crippen LogP contribution in [0.15, 0.2) is 18.2 Å². The van der Waals surface area contributed by atoms with Gasteiger partial charge in [0.15, 0.2) is 0 Å². The minimum Gasteiger partial charge on any atom is -0.398 e. The average molecular weight is 257 g/mol. The Morgan fingerprint density at radius 3 is 2.35 bits per heavy atom. The van der Waals surface area contributed by atoms with Gasteiger partial charge < -0.3 is 5.73 Å². The fourth-order valence-electron chi connectivity index (χ4n) is 1.34. The van der Waals surface area contributed by atoms with Crippen molar-refractivity contribution in [3.8, 4) is 0 Å². The Morgan fingerprint density at radius 2 is 1.82 bits per heavy atom. The minimum atomic E-state index is -3.59. The second-order valence-corrected chi connectivity index (χ2v) is 6.39. The third-order valence-corrected chi connectivity index (χ3v) is 3.43. The van der Waals surface area contributed by atoms with Gasteiger partial charge in [0.2, 0.25) is 0 Å². The van der Waals surface area contributed by atoms with Crippen molar-refractivity contribution in [3.05, 3.63) is 23.8 Å². The van der Waals surface area contributed by atoms with E-state index in [-0.39, 0.29) is 0 Å². The molecule has 96 valence electrons. The van der Waals surface area contributed by atoms with Gasteiger partial charge in [0, 0.05) is 11.2 Å². The first-order valence-corrected chi connectivity index (χ1v) is 6.76. The molecule has 6 heteroatoms. The summed E-state index contributed by atoms with van der Waals surface area (Å²) in [4.78, 5) is 0. The lowest BCUT2D eigenvalue weighted by molar-refractivity contribution is 0.494. The summed E-state index contributed by atoms with van der Waals surface area (Å²) >= 11 is 0. The van der Waals surface area contributed by atoms with Crippen molar-refractivity contribution in [2.45, 2.75) is 33.2 Å². The van der Waals surface area contributed by atoms with Crippen LogP contribution >= 0.6 is 0 Å². The van der Waals surface area contributed by atoms with Gasteiger partial charge in [-0.05, 0) is 45.4 Å². The monoisotopic (exact) mass is 257 g/mol. The summed E-state index contributed by atoms with van der Waals surface area (Å²) in [7, 11) is -3.59. The lowest BCUT2D eigenvalue weighted by Gasteiger charge is -2.21. The van der Waals surface area contributed by atoms with Crippen molar-refractivity contribution < 1.29 is 8.42 Å². The summed E-state index contributed by atoms with van der Waals surface area (Å²) in [6, 6.07) is 5.11. The van der Waals surface area contributed by atoms with E-state index in [1.165, 1.54) is 0 Å². The largest absolute Gasteiger partial charge is 0.398 e. The van der Waals surface area contributed by atoms with Crippen LogP contribution in [-0.2, 0) is 10.2 Å². The van der Waals surface area contributed by atoms with E-state index in [9.17, 15) is 8.42 Å². The molecule has 0 spiro atoms. The van der Waals surface area contributed by atoms with Crippen LogP contribution in [0.5, 0.6) is 0 Å². The van der Waals surface area contributed by atoms with Gasteiger partial charge in [-0.3, -0.25) is 4.72 Å².